The zero-order valence-corrected chi connectivity index (χ0v) is 10.6. The van der Waals surface area contributed by atoms with Crippen LogP contribution in [0.5, 0.6) is 0 Å². The molecule has 0 aromatic carbocycles. The number of nitrogens with zero attached hydrogens (tertiary/aromatic N) is 1. The van der Waals surface area contributed by atoms with Crippen molar-refractivity contribution < 1.29 is 18.3 Å². The van der Waals surface area contributed by atoms with Crippen LogP contribution in [0.3, 0.4) is 0 Å². The van der Waals surface area contributed by atoms with Crippen LogP contribution >= 0.6 is 0 Å². The smallest absolute Gasteiger partial charge is 0.238 e. The van der Waals surface area contributed by atoms with Crippen LogP contribution in [0.1, 0.15) is 25.7 Å². The molecule has 2 aliphatic rings. The predicted molar refractivity (Wildman–Crippen MR) is 61.7 cm³/mol. The van der Waals surface area contributed by atoms with Crippen molar-refractivity contribution in [2.24, 2.45) is 0 Å². The molecule has 17 heavy (non-hydrogen) atoms. The third kappa shape index (κ3) is 2.78. The number of sulfonamides is 1. The normalized spacial score (nSPS) is 34.4. The summed E-state index contributed by atoms with van der Waals surface area (Å²) < 4.78 is 24.2. The molecule has 0 bridgehead atoms. The lowest BCUT2D eigenvalue weighted by molar-refractivity contribution is -0.126. The number of rotatable bonds is 3. The van der Waals surface area contributed by atoms with Crippen molar-refractivity contribution in [3.8, 4) is 0 Å². The average molecular weight is 262 g/mol. The van der Waals surface area contributed by atoms with Gasteiger partial charge in [0.25, 0.3) is 0 Å². The first-order chi connectivity index (χ1) is 7.88. The SMILES string of the molecule is CS(=O)(=O)N1CCCC1C(=O)NC1CC(O)C1. The number of amides is 1. The molecular formula is C10H18N2O4S. The topological polar surface area (TPSA) is 86.7 Å². The fourth-order valence-corrected chi connectivity index (χ4v) is 3.53. The second-order valence-electron chi connectivity index (χ2n) is 4.86. The Labute approximate surface area is 101 Å². The Morgan fingerprint density at radius 2 is 2.06 bits per heavy atom. The molecule has 1 heterocycles. The largest absolute Gasteiger partial charge is 0.393 e. The highest BCUT2D eigenvalue weighted by Gasteiger charge is 2.38. The van der Waals surface area contributed by atoms with Crippen molar-refractivity contribution in [3.63, 3.8) is 0 Å². The molecule has 7 heteroatoms. The van der Waals surface area contributed by atoms with Crippen LogP contribution in [0.15, 0.2) is 0 Å². The van der Waals surface area contributed by atoms with Gasteiger partial charge in [0.2, 0.25) is 15.9 Å². The third-order valence-corrected chi connectivity index (χ3v) is 4.68. The zero-order chi connectivity index (χ0) is 12.6. The monoisotopic (exact) mass is 262 g/mol. The summed E-state index contributed by atoms with van der Waals surface area (Å²) >= 11 is 0. The standard InChI is InChI=1S/C10H18N2O4S/c1-17(15,16)12-4-2-3-9(12)10(14)11-7-5-8(13)6-7/h7-9,13H,2-6H2,1H3,(H,11,14). The second-order valence-corrected chi connectivity index (χ2v) is 6.80. The van der Waals surface area contributed by atoms with E-state index in [2.05, 4.69) is 5.32 Å². The summed E-state index contributed by atoms with van der Waals surface area (Å²) in [7, 11) is -3.31. The molecule has 6 nitrogen and oxygen atoms in total. The molecule has 2 rings (SSSR count). The maximum atomic E-state index is 11.9. The summed E-state index contributed by atoms with van der Waals surface area (Å²) in [6.45, 7) is 0.421. The molecule has 1 saturated carbocycles. The van der Waals surface area contributed by atoms with Gasteiger partial charge in [-0.05, 0) is 25.7 Å². The van der Waals surface area contributed by atoms with E-state index in [0.29, 0.717) is 25.8 Å². The first kappa shape index (κ1) is 12.8. The molecule has 2 fully saturated rings. The van der Waals surface area contributed by atoms with Gasteiger partial charge in [-0.15, -0.1) is 0 Å². The van der Waals surface area contributed by atoms with Gasteiger partial charge >= 0.3 is 0 Å². The third-order valence-electron chi connectivity index (χ3n) is 3.39. The van der Waals surface area contributed by atoms with Crippen molar-refractivity contribution in [1.82, 2.24) is 9.62 Å². The van der Waals surface area contributed by atoms with E-state index in [-0.39, 0.29) is 18.1 Å². The Kier molecular flexibility index (Phi) is 3.42. The van der Waals surface area contributed by atoms with Crippen molar-refractivity contribution in [1.29, 1.82) is 0 Å². The predicted octanol–water partition coefficient (Wildman–Crippen LogP) is -0.950. The van der Waals surface area contributed by atoms with Gasteiger partial charge in [-0.25, -0.2) is 8.42 Å². The molecule has 1 atom stereocenters. The highest BCUT2D eigenvalue weighted by atomic mass is 32.2. The van der Waals surface area contributed by atoms with Crippen LogP contribution in [0.2, 0.25) is 0 Å². The first-order valence-electron chi connectivity index (χ1n) is 5.83. The number of hydrogen-bond acceptors (Lipinski definition) is 4. The number of aliphatic hydroxyl groups excluding tert-OH is 1. The molecule has 0 aromatic heterocycles. The summed E-state index contributed by atoms with van der Waals surface area (Å²) in [5, 5.41) is 11.9. The van der Waals surface area contributed by atoms with Crippen LogP contribution in [-0.4, -0.2) is 54.7 Å². The van der Waals surface area contributed by atoms with Crippen LogP contribution in [0.25, 0.3) is 0 Å². The highest BCUT2D eigenvalue weighted by molar-refractivity contribution is 7.88. The van der Waals surface area contributed by atoms with Crippen molar-refractivity contribution >= 4 is 15.9 Å². The lowest BCUT2D eigenvalue weighted by Gasteiger charge is -2.33. The average Bonchev–Trinajstić information content (AvgIpc) is 2.62. The summed E-state index contributed by atoms with van der Waals surface area (Å²) in [6, 6.07) is -0.567. The van der Waals surface area contributed by atoms with E-state index in [4.69, 9.17) is 5.11 Å². The fraction of sp³-hybridized carbons (Fsp3) is 0.900. The lowest BCUT2D eigenvalue weighted by atomic mass is 9.89. The van der Waals surface area contributed by atoms with Gasteiger partial charge in [0.1, 0.15) is 6.04 Å². The van der Waals surface area contributed by atoms with Gasteiger partial charge < -0.3 is 10.4 Å². The minimum Gasteiger partial charge on any atom is -0.393 e. The Hall–Kier alpha value is -0.660. The van der Waals surface area contributed by atoms with Crippen LogP contribution < -0.4 is 5.32 Å². The van der Waals surface area contributed by atoms with Crippen LogP contribution in [0.4, 0.5) is 0 Å². The van der Waals surface area contributed by atoms with Crippen molar-refractivity contribution in [2.75, 3.05) is 12.8 Å². The molecule has 0 spiro atoms. The quantitative estimate of drug-likeness (QED) is 0.686. The molecule has 1 aliphatic heterocycles. The number of nitrogens with one attached hydrogen (secondary N) is 1. The van der Waals surface area contributed by atoms with Gasteiger partial charge in [-0.1, -0.05) is 0 Å². The Bertz CT molecular complexity index is 403. The first-order valence-corrected chi connectivity index (χ1v) is 7.68. The van der Waals surface area contributed by atoms with E-state index in [1.54, 1.807) is 0 Å². The van der Waals surface area contributed by atoms with Gasteiger partial charge in [-0.3, -0.25) is 4.79 Å². The molecular weight excluding hydrogens is 244 g/mol. The maximum absolute atomic E-state index is 11.9. The lowest BCUT2D eigenvalue weighted by Crippen LogP contribution is -2.53. The molecule has 1 saturated heterocycles. The number of carbonyl (C=O) groups excluding carboxylic acids is 1. The molecule has 1 amide bonds. The fourth-order valence-electron chi connectivity index (χ4n) is 2.40. The van der Waals surface area contributed by atoms with E-state index < -0.39 is 16.1 Å². The van der Waals surface area contributed by atoms with Crippen molar-refractivity contribution in [2.45, 2.75) is 43.9 Å². The van der Waals surface area contributed by atoms with Crippen LogP contribution in [-0.2, 0) is 14.8 Å². The van der Waals surface area contributed by atoms with E-state index in [9.17, 15) is 13.2 Å². The highest BCUT2D eigenvalue weighted by Crippen LogP contribution is 2.23. The van der Waals surface area contributed by atoms with E-state index in [0.717, 1.165) is 12.7 Å². The maximum Gasteiger partial charge on any atom is 0.238 e. The zero-order valence-electron chi connectivity index (χ0n) is 9.80. The van der Waals surface area contributed by atoms with Gasteiger partial charge in [-0.2, -0.15) is 4.31 Å². The van der Waals surface area contributed by atoms with Crippen LogP contribution in [0, 0.1) is 0 Å². The molecule has 0 aromatic rings. The second kappa shape index (κ2) is 4.55. The Morgan fingerprint density at radius 3 is 2.59 bits per heavy atom. The summed E-state index contributed by atoms with van der Waals surface area (Å²) in [5.41, 5.74) is 0. The Balaban J connectivity index is 1.94. The number of aliphatic hydroxyl groups is 1. The van der Waals surface area contributed by atoms with Gasteiger partial charge in [0, 0.05) is 12.6 Å². The van der Waals surface area contributed by atoms with E-state index in [1.165, 1.54) is 4.31 Å². The summed E-state index contributed by atoms with van der Waals surface area (Å²) in [4.78, 5) is 11.9. The van der Waals surface area contributed by atoms with Gasteiger partial charge in [0.05, 0.1) is 12.4 Å². The molecule has 1 unspecified atom stereocenters. The minimum atomic E-state index is -3.31. The molecule has 2 N–H and O–H groups in total. The molecule has 0 radical (unpaired) electrons. The summed E-state index contributed by atoms with van der Waals surface area (Å²) in [6.07, 6.45) is 3.24. The van der Waals surface area contributed by atoms with E-state index in [1.807, 2.05) is 0 Å². The molecule has 98 valence electrons. The minimum absolute atomic E-state index is 0.000454. The van der Waals surface area contributed by atoms with Gasteiger partial charge in [0.15, 0.2) is 0 Å². The summed E-state index contributed by atoms with van der Waals surface area (Å²) in [5.74, 6) is -0.232. The van der Waals surface area contributed by atoms with E-state index >= 15 is 0 Å². The number of hydrogen-bond donors (Lipinski definition) is 2. The molecule has 1 aliphatic carbocycles. The number of carbonyl (C=O) groups is 1. The Morgan fingerprint density at radius 1 is 1.41 bits per heavy atom. The van der Waals surface area contributed by atoms with Crippen molar-refractivity contribution in [3.05, 3.63) is 0 Å².